The fraction of sp³-hybridized carbons (Fsp3) is 0.316. The monoisotopic (exact) mass is 427 g/mol. The molecule has 0 saturated carbocycles. The number of methoxy groups -OCH3 is 1. The largest absolute Gasteiger partial charge is 0.497 e. The maximum absolute atomic E-state index is 12.6. The van der Waals surface area contributed by atoms with Crippen LogP contribution < -0.4 is 4.74 Å². The lowest BCUT2D eigenvalue weighted by Crippen LogP contribution is -2.56. The van der Waals surface area contributed by atoms with Crippen LogP contribution in [0, 0.1) is 0 Å². The number of benzene rings is 2. The minimum atomic E-state index is -3.47. The predicted octanol–water partition coefficient (Wildman–Crippen LogP) is 3.62. The first-order chi connectivity index (χ1) is 12.8. The number of hydrogen-bond donors (Lipinski definition) is 0. The van der Waals surface area contributed by atoms with Crippen LogP contribution in [-0.2, 0) is 21.1 Å². The molecule has 1 heterocycles. The van der Waals surface area contributed by atoms with Crippen molar-refractivity contribution >= 4 is 38.9 Å². The summed E-state index contributed by atoms with van der Waals surface area (Å²) in [4.78, 5) is 14.1. The third-order valence-corrected chi connectivity index (χ3v) is 7.49. The summed E-state index contributed by atoms with van der Waals surface area (Å²) in [6.45, 7) is 0.396. The molecule has 0 bridgehead atoms. The Morgan fingerprint density at radius 3 is 2.26 bits per heavy atom. The standard InChI is InChI=1S/C19H19Cl2NO4S/c1-26-13-5-7-14(8-6-13)27(24,25)15-11-22(12-15)19(23)10-9-16-17(20)3-2-4-18(16)21/h2-8,15H,9-12H2,1H3. The molecule has 8 heteroatoms. The highest BCUT2D eigenvalue weighted by Crippen LogP contribution is 2.28. The van der Waals surface area contributed by atoms with Crippen molar-refractivity contribution < 1.29 is 17.9 Å². The van der Waals surface area contributed by atoms with Gasteiger partial charge in [0.15, 0.2) is 9.84 Å². The number of nitrogens with zero attached hydrogens (tertiary/aromatic N) is 1. The lowest BCUT2D eigenvalue weighted by Gasteiger charge is -2.38. The Balaban J connectivity index is 1.57. The van der Waals surface area contributed by atoms with Crippen molar-refractivity contribution in [2.45, 2.75) is 23.0 Å². The summed E-state index contributed by atoms with van der Waals surface area (Å²) < 4.78 is 30.3. The van der Waals surface area contributed by atoms with Gasteiger partial charge in [-0.15, -0.1) is 0 Å². The van der Waals surface area contributed by atoms with Crippen LogP contribution in [-0.4, -0.2) is 44.7 Å². The molecular formula is C19H19Cl2NO4S. The van der Waals surface area contributed by atoms with Crippen LogP contribution in [0.2, 0.25) is 10.0 Å². The first-order valence-corrected chi connectivity index (χ1v) is 10.7. The van der Waals surface area contributed by atoms with Crippen molar-refractivity contribution in [3.05, 3.63) is 58.1 Å². The fourth-order valence-electron chi connectivity index (χ4n) is 2.96. The molecule has 1 aliphatic rings. The predicted molar refractivity (Wildman–Crippen MR) is 105 cm³/mol. The highest BCUT2D eigenvalue weighted by atomic mass is 35.5. The van der Waals surface area contributed by atoms with E-state index in [4.69, 9.17) is 27.9 Å². The molecule has 0 radical (unpaired) electrons. The number of likely N-dealkylation sites (tertiary alicyclic amines) is 1. The highest BCUT2D eigenvalue weighted by Gasteiger charge is 2.40. The van der Waals surface area contributed by atoms with Crippen LogP contribution in [0.5, 0.6) is 5.75 Å². The van der Waals surface area contributed by atoms with E-state index in [0.717, 1.165) is 5.56 Å². The van der Waals surface area contributed by atoms with Crippen LogP contribution in [0.3, 0.4) is 0 Å². The van der Waals surface area contributed by atoms with Crippen molar-refractivity contribution in [3.8, 4) is 5.75 Å². The first kappa shape index (κ1) is 20.0. The van der Waals surface area contributed by atoms with E-state index in [2.05, 4.69) is 0 Å². The van der Waals surface area contributed by atoms with Gasteiger partial charge in [-0.05, 0) is 48.4 Å². The van der Waals surface area contributed by atoms with Crippen molar-refractivity contribution in [1.29, 1.82) is 0 Å². The number of rotatable bonds is 6. The van der Waals surface area contributed by atoms with E-state index in [1.54, 1.807) is 35.2 Å². The molecule has 2 aromatic carbocycles. The zero-order chi connectivity index (χ0) is 19.6. The second kappa shape index (κ2) is 8.09. The molecule has 0 aromatic heterocycles. The first-order valence-electron chi connectivity index (χ1n) is 8.41. The van der Waals surface area contributed by atoms with E-state index in [-0.39, 0.29) is 30.3 Å². The summed E-state index contributed by atoms with van der Waals surface area (Å²) in [5.74, 6) is 0.491. The van der Waals surface area contributed by atoms with Gasteiger partial charge in [0, 0.05) is 29.6 Å². The van der Waals surface area contributed by atoms with Crippen LogP contribution in [0.25, 0.3) is 0 Å². The third-order valence-electron chi connectivity index (χ3n) is 4.68. The number of ether oxygens (including phenoxy) is 1. The Labute approximate surface area is 168 Å². The summed E-state index contributed by atoms with van der Waals surface area (Å²) in [6.07, 6.45) is 0.655. The SMILES string of the molecule is COc1ccc(S(=O)(=O)C2CN(C(=O)CCc3c(Cl)cccc3Cl)C2)cc1. The van der Waals surface area contributed by atoms with Gasteiger partial charge in [0.2, 0.25) is 5.91 Å². The average Bonchev–Trinajstić information content (AvgIpc) is 2.60. The molecule has 5 nitrogen and oxygen atoms in total. The van der Waals surface area contributed by atoms with Crippen molar-refractivity contribution in [2.24, 2.45) is 0 Å². The molecule has 0 N–H and O–H groups in total. The number of amides is 1. The molecule has 27 heavy (non-hydrogen) atoms. The summed E-state index contributed by atoms with van der Waals surface area (Å²) in [5.41, 5.74) is 0.733. The summed E-state index contributed by atoms with van der Waals surface area (Å²) in [6, 6.07) is 11.5. The second-order valence-corrected chi connectivity index (χ2v) is 9.38. The van der Waals surface area contributed by atoms with Gasteiger partial charge < -0.3 is 9.64 Å². The van der Waals surface area contributed by atoms with Gasteiger partial charge in [-0.2, -0.15) is 0 Å². The van der Waals surface area contributed by atoms with E-state index in [1.807, 2.05) is 0 Å². The number of sulfone groups is 1. The highest BCUT2D eigenvalue weighted by molar-refractivity contribution is 7.92. The Bertz CT molecular complexity index is 918. The molecule has 0 spiro atoms. The molecule has 1 saturated heterocycles. The molecule has 1 aliphatic heterocycles. The summed E-state index contributed by atoms with van der Waals surface area (Å²) in [7, 11) is -1.94. The zero-order valence-corrected chi connectivity index (χ0v) is 17.0. The molecular weight excluding hydrogens is 409 g/mol. The van der Waals surface area contributed by atoms with Gasteiger partial charge in [-0.1, -0.05) is 29.3 Å². The Kier molecular flexibility index (Phi) is 5.99. The lowest BCUT2D eigenvalue weighted by atomic mass is 10.1. The summed E-state index contributed by atoms with van der Waals surface area (Å²) >= 11 is 12.2. The van der Waals surface area contributed by atoms with Gasteiger partial charge in [-0.25, -0.2) is 8.42 Å². The second-order valence-electron chi connectivity index (χ2n) is 6.34. The minimum absolute atomic E-state index is 0.104. The van der Waals surface area contributed by atoms with Gasteiger partial charge in [0.1, 0.15) is 11.0 Å². The van der Waals surface area contributed by atoms with E-state index < -0.39 is 15.1 Å². The number of carbonyl (C=O) groups is 1. The molecule has 0 atom stereocenters. The average molecular weight is 428 g/mol. The minimum Gasteiger partial charge on any atom is -0.497 e. The Morgan fingerprint density at radius 2 is 1.70 bits per heavy atom. The van der Waals surface area contributed by atoms with Crippen LogP contribution in [0.4, 0.5) is 0 Å². The topological polar surface area (TPSA) is 63.7 Å². The molecule has 144 valence electrons. The molecule has 1 amide bonds. The van der Waals surface area contributed by atoms with Crippen LogP contribution in [0.1, 0.15) is 12.0 Å². The molecule has 1 fully saturated rings. The normalized spacial score (nSPS) is 14.7. The maximum Gasteiger partial charge on any atom is 0.222 e. The molecule has 2 aromatic rings. The Hall–Kier alpha value is -1.76. The third kappa shape index (κ3) is 4.23. The van der Waals surface area contributed by atoms with Gasteiger partial charge in [0.05, 0.1) is 12.0 Å². The van der Waals surface area contributed by atoms with E-state index in [9.17, 15) is 13.2 Å². The van der Waals surface area contributed by atoms with Gasteiger partial charge >= 0.3 is 0 Å². The van der Waals surface area contributed by atoms with Gasteiger partial charge in [-0.3, -0.25) is 4.79 Å². The maximum atomic E-state index is 12.6. The van der Waals surface area contributed by atoms with Gasteiger partial charge in [0.25, 0.3) is 0 Å². The smallest absolute Gasteiger partial charge is 0.222 e. The molecule has 3 rings (SSSR count). The molecule has 0 aliphatic carbocycles. The van der Waals surface area contributed by atoms with Crippen LogP contribution >= 0.6 is 23.2 Å². The van der Waals surface area contributed by atoms with Crippen molar-refractivity contribution in [3.63, 3.8) is 0 Å². The van der Waals surface area contributed by atoms with E-state index in [0.29, 0.717) is 22.2 Å². The van der Waals surface area contributed by atoms with E-state index >= 15 is 0 Å². The van der Waals surface area contributed by atoms with Crippen LogP contribution in [0.15, 0.2) is 47.4 Å². The van der Waals surface area contributed by atoms with Crippen molar-refractivity contribution in [2.75, 3.05) is 20.2 Å². The van der Waals surface area contributed by atoms with E-state index in [1.165, 1.54) is 19.2 Å². The fourth-order valence-corrected chi connectivity index (χ4v) is 5.20. The number of hydrogen-bond acceptors (Lipinski definition) is 4. The van der Waals surface area contributed by atoms with Crippen molar-refractivity contribution in [1.82, 2.24) is 4.90 Å². The molecule has 0 unspecified atom stereocenters. The Morgan fingerprint density at radius 1 is 1.11 bits per heavy atom. The quantitative estimate of drug-likeness (QED) is 0.705. The number of carbonyl (C=O) groups excluding carboxylic acids is 1. The summed E-state index contributed by atoms with van der Waals surface area (Å²) in [5, 5.41) is 0.469. The lowest BCUT2D eigenvalue weighted by molar-refractivity contribution is -0.134. The zero-order valence-electron chi connectivity index (χ0n) is 14.7. The number of halogens is 2.